The van der Waals surface area contributed by atoms with Crippen molar-refractivity contribution >= 4 is 28.5 Å². The van der Waals surface area contributed by atoms with Crippen molar-refractivity contribution < 1.29 is 22.3 Å². The second-order valence-corrected chi connectivity index (χ2v) is 6.86. The molecule has 11 nitrogen and oxygen atoms in total. The summed E-state index contributed by atoms with van der Waals surface area (Å²) in [4.78, 5) is 9.72. The van der Waals surface area contributed by atoms with E-state index in [0.717, 1.165) is 17.7 Å². The molecule has 0 aliphatic heterocycles. The van der Waals surface area contributed by atoms with Crippen LogP contribution in [0.25, 0.3) is 0 Å². The van der Waals surface area contributed by atoms with Crippen molar-refractivity contribution in [3.05, 3.63) is 58.1 Å². The molecule has 2 aromatic rings. The standard InChI is InChI=1S/C15H15NO6S.C2H6N4/c1-3-21-12-8-11(2)9-13(10-12)22-23(19,20)15-7-5-4-6-14(15)16(17)18;1-5-6-2(3)4/h4-10H,3H2,1-2H3;1H2,(H4,3,4,6). The zero-order chi connectivity index (χ0) is 22.0. The molecular weight excluding hydrogens is 402 g/mol. The van der Waals surface area contributed by atoms with Crippen LogP contribution >= 0.6 is 0 Å². The van der Waals surface area contributed by atoms with Crippen molar-refractivity contribution in [1.82, 2.24) is 0 Å². The van der Waals surface area contributed by atoms with Crippen LogP contribution in [0.1, 0.15) is 12.5 Å². The van der Waals surface area contributed by atoms with Crippen molar-refractivity contribution in [3.8, 4) is 11.5 Å². The average molecular weight is 423 g/mol. The van der Waals surface area contributed by atoms with E-state index in [0.29, 0.717) is 12.4 Å². The molecule has 0 amide bonds. The quantitative estimate of drug-likeness (QED) is 0.223. The molecule has 0 fully saturated rings. The number of benzene rings is 2. The van der Waals surface area contributed by atoms with Gasteiger partial charge in [0.15, 0.2) is 4.90 Å². The van der Waals surface area contributed by atoms with Crippen LogP contribution in [0, 0.1) is 17.0 Å². The van der Waals surface area contributed by atoms with Gasteiger partial charge in [0.2, 0.25) is 5.96 Å². The van der Waals surface area contributed by atoms with Crippen LogP contribution < -0.4 is 20.4 Å². The molecule has 0 aliphatic carbocycles. The Bertz CT molecular complexity index is 1000. The lowest BCUT2D eigenvalue weighted by Crippen LogP contribution is -2.21. The van der Waals surface area contributed by atoms with Crippen LogP contribution in [0.3, 0.4) is 0 Å². The van der Waals surface area contributed by atoms with Gasteiger partial charge in [-0.05, 0) is 37.6 Å². The predicted octanol–water partition coefficient (Wildman–Crippen LogP) is 1.95. The summed E-state index contributed by atoms with van der Waals surface area (Å²) in [6.07, 6.45) is 0. The zero-order valence-corrected chi connectivity index (χ0v) is 16.6. The van der Waals surface area contributed by atoms with E-state index in [4.69, 9.17) is 20.4 Å². The second kappa shape index (κ2) is 10.6. The van der Waals surface area contributed by atoms with Crippen LogP contribution in [0.4, 0.5) is 5.69 Å². The van der Waals surface area contributed by atoms with Crippen molar-refractivity contribution in [2.45, 2.75) is 18.7 Å². The highest BCUT2D eigenvalue weighted by atomic mass is 32.2. The summed E-state index contributed by atoms with van der Waals surface area (Å²) in [5, 5.41) is 17.1. The van der Waals surface area contributed by atoms with Gasteiger partial charge in [0.25, 0.3) is 5.69 Å². The highest BCUT2D eigenvalue weighted by Gasteiger charge is 2.27. The van der Waals surface area contributed by atoms with Crippen LogP contribution in [0.2, 0.25) is 0 Å². The Balaban J connectivity index is 0.000000612. The van der Waals surface area contributed by atoms with E-state index in [1.54, 1.807) is 19.9 Å². The predicted molar refractivity (Wildman–Crippen MR) is 109 cm³/mol. The van der Waals surface area contributed by atoms with Gasteiger partial charge in [-0.1, -0.05) is 12.1 Å². The highest BCUT2D eigenvalue weighted by molar-refractivity contribution is 7.87. The summed E-state index contributed by atoms with van der Waals surface area (Å²) < 4.78 is 35.0. The third kappa shape index (κ3) is 7.46. The third-order valence-electron chi connectivity index (χ3n) is 3.06. The minimum absolute atomic E-state index is 0.0339. The molecule has 29 heavy (non-hydrogen) atoms. The Kier molecular flexibility index (Phi) is 8.55. The molecule has 4 N–H and O–H groups in total. The maximum Gasteiger partial charge on any atom is 0.346 e. The van der Waals surface area contributed by atoms with E-state index in [2.05, 4.69) is 16.9 Å². The van der Waals surface area contributed by atoms with Crippen molar-refractivity contribution in [2.24, 2.45) is 21.7 Å². The van der Waals surface area contributed by atoms with Gasteiger partial charge in [0.05, 0.1) is 11.5 Å². The zero-order valence-electron chi connectivity index (χ0n) is 15.8. The molecular formula is C17H21N5O6S. The third-order valence-corrected chi connectivity index (χ3v) is 4.35. The number of nitrogens with zero attached hydrogens (tertiary/aromatic N) is 3. The molecule has 12 heteroatoms. The number of hydrogen-bond donors (Lipinski definition) is 2. The van der Waals surface area contributed by atoms with Crippen molar-refractivity contribution in [3.63, 3.8) is 0 Å². The first-order chi connectivity index (χ1) is 13.6. The number of nitrogens with two attached hydrogens (primary N) is 2. The summed E-state index contributed by atoms with van der Waals surface area (Å²) in [6.45, 7) is 6.98. The lowest BCUT2D eigenvalue weighted by molar-refractivity contribution is -0.387. The smallest absolute Gasteiger partial charge is 0.346 e. The van der Waals surface area contributed by atoms with Crippen molar-refractivity contribution in [2.75, 3.05) is 6.61 Å². The van der Waals surface area contributed by atoms with E-state index >= 15 is 0 Å². The number of para-hydroxylation sites is 1. The van der Waals surface area contributed by atoms with Crippen LogP contribution in [-0.4, -0.2) is 32.6 Å². The maximum atomic E-state index is 12.3. The Labute approximate surface area is 167 Å². The van der Waals surface area contributed by atoms with Gasteiger partial charge in [0, 0.05) is 18.9 Å². The molecule has 0 saturated heterocycles. The number of nitro benzene ring substituents is 1. The summed E-state index contributed by atoms with van der Waals surface area (Å²) in [6, 6.07) is 9.68. The van der Waals surface area contributed by atoms with Crippen LogP contribution in [0.15, 0.2) is 57.6 Å². The molecule has 0 atom stereocenters. The molecule has 0 radical (unpaired) electrons. The molecule has 0 unspecified atom stereocenters. The van der Waals surface area contributed by atoms with E-state index < -0.39 is 25.6 Å². The highest BCUT2D eigenvalue weighted by Crippen LogP contribution is 2.29. The molecule has 0 aliphatic rings. The number of nitro groups is 1. The lowest BCUT2D eigenvalue weighted by atomic mass is 10.2. The Morgan fingerprint density at radius 1 is 1.21 bits per heavy atom. The van der Waals surface area contributed by atoms with Crippen molar-refractivity contribution in [1.29, 1.82) is 0 Å². The SMILES string of the molecule is C=NN=C(N)N.CCOc1cc(C)cc(OS(=O)(=O)c2ccccc2[N+](=O)[O-])c1. The minimum atomic E-state index is -4.33. The summed E-state index contributed by atoms with van der Waals surface area (Å²) in [7, 11) is -4.33. The van der Waals surface area contributed by atoms with Gasteiger partial charge in [-0.3, -0.25) is 10.1 Å². The maximum absolute atomic E-state index is 12.3. The van der Waals surface area contributed by atoms with Gasteiger partial charge in [-0.2, -0.15) is 13.5 Å². The number of hydrogen-bond acceptors (Lipinski definition) is 8. The van der Waals surface area contributed by atoms with E-state index in [1.165, 1.54) is 24.3 Å². The van der Waals surface area contributed by atoms with E-state index in [-0.39, 0.29) is 11.7 Å². The largest absolute Gasteiger partial charge is 0.494 e. The number of guanidine groups is 1. The Morgan fingerprint density at radius 2 is 1.83 bits per heavy atom. The molecule has 0 heterocycles. The molecule has 2 aromatic carbocycles. The van der Waals surface area contributed by atoms with Gasteiger partial charge in [-0.25, -0.2) is 0 Å². The van der Waals surface area contributed by atoms with Crippen LogP contribution in [0.5, 0.6) is 11.5 Å². The van der Waals surface area contributed by atoms with Gasteiger partial charge >= 0.3 is 10.1 Å². The van der Waals surface area contributed by atoms with Gasteiger partial charge in [0.1, 0.15) is 11.5 Å². The molecule has 156 valence electrons. The first-order valence-corrected chi connectivity index (χ1v) is 9.48. The fourth-order valence-corrected chi connectivity index (χ4v) is 3.17. The minimum Gasteiger partial charge on any atom is -0.494 e. The molecule has 0 saturated carbocycles. The molecule has 2 rings (SSSR count). The number of rotatable bonds is 7. The topological polar surface area (TPSA) is 172 Å². The molecule has 0 aromatic heterocycles. The number of aryl methyl sites for hydroxylation is 1. The fourth-order valence-electron chi connectivity index (χ4n) is 2.08. The molecule has 0 bridgehead atoms. The Hall–Kier alpha value is -3.67. The summed E-state index contributed by atoms with van der Waals surface area (Å²) >= 11 is 0. The Morgan fingerprint density at radius 3 is 2.34 bits per heavy atom. The summed E-state index contributed by atoms with van der Waals surface area (Å²) in [5.74, 6) is 0.428. The monoisotopic (exact) mass is 423 g/mol. The average Bonchev–Trinajstić information content (AvgIpc) is 2.61. The van der Waals surface area contributed by atoms with Gasteiger partial charge in [-0.15, -0.1) is 5.10 Å². The van der Waals surface area contributed by atoms with E-state index in [1.807, 2.05) is 0 Å². The van der Waals surface area contributed by atoms with E-state index in [9.17, 15) is 18.5 Å². The lowest BCUT2D eigenvalue weighted by Gasteiger charge is -2.10. The first-order valence-electron chi connectivity index (χ1n) is 8.07. The van der Waals surface area contributed by atoms with Gasteiger partial charge < -0.3 is 20.4 Å². The number of ether oxygens (including phenoxy) is 1. The summed E-state index contributed by atoms with van der Waals surface area (Å²) in [5.41, 5.74) is 9.80. The fraction of sp³-hybridized carbons (Fsp3) is 0.176. The first kappa shape index (κ1) is 23.4. The normalized spacial score (nSPS) is 10.1. The second-order valence-electron chi connectivity index (χ2n) is 5.34. The molecule has 0 spiro atoms. The van der Waals surface area contributed by atoms with Crippen LogP contribution in [-0.2, 0) is 10.1 Å².